The molecule has 0 atom stereocenters. The predicted octanol–water partition coefficient (Wildman–Crippen LogP) is -4.12. The SMILES string of the molecule is OP(O)OF.[AlH3].[Ca+2].[H-].[H-].[H-].[Na+]. The Balaban J connectivity index is -0.00000000533. The maximum atomic E-state index is 10.1. The molecule has 44 valence electrons. The Morgan fingerprint density at radius 1 is 1.50 bits per heavy atom. The maximum Gasteiger partial charge on any atom is 2.00 e. The van der Waals surface area contributed by atoms with Crippen molar-refractivity contribution in [3.8, 4) is 0 Å². The molecule has 0 radical (unpaired) electrons. The minimum Gasteiger partial charge on any atom is -1.00 e. The zero-order chi connectivity index (χ0) is 4.28. The zero-order valence-electron chi connectivity index (χ0n) is 6.83. The van der Waals surface area contributed by atoms with Crippen LogP contribution < -0.4 is 29.6 Å². The summed E-state index contributed by atoms with van der Waals surface area (Å²) in [6.07, 6.45) is 0. The van der Waals surface area contributed by atoms with Crippen LogP contribution in [0.25, 0.3) is 0 Å². The van der Waals surface area contributed by atoms with E-state index in [9.17, 15) is 4.53 Å². The van der Waals surface area contributed by atoms with E-state index in [1.165, 1.54) is 0 Å². The third-order valence-electron chi connectivity index (χ3n) is 0.0617. The van der Waals surface area contributed by atoms with Crippen molar-refractivity contribution in [3.63, 3.8) is 0 Å². The maximum absolute atomic E-state index is 10.1. The van der Waals surface area contributed by atoms with E-state index < -0.39 is 8.60 Å². The van der Waals surface area contributed by atoms with Gasteiger partial charge in [-0.1, -0.05) is 0 Å². The summed E-state index contributed by atoms with van der Waals surface area (Å²) in [7, 11) is -2.76. The molecule has 8 heteroatoms. The van der Waals surface area contributed by atoms with Gasteiger partial charge in [0.2, 0.25) is 0 Å². The second-order valence-corrected chi connectivity index (χ2v) is 0.965. The van der Waals surface area contributed by atoms with Crippen molar-refractivity contribution in [3.05, 3.63) is 0 Å². The van der Waals surface area contributed by atoms with Crippen LogP contribution in [0.5, 0.6) is 0 Å². The van der Waals surface area contributed by atoms with E-state index in [2.05, 4.69) is 4.73 Å². The van der Waals surface area contributed by atoms with E-state index in [-0.39, 0.29) is 88.9 Å². The summed E-state index contributed by atoms with van der Waals surface area (Å²) in [4.78, 5) is 14.8. The Morgan fingerprint density at radius 2 is 1.62 bits per heavy atom. The van der Waals surface area contributed by atoms with Crippen LogP contribution in [0.2, 0.25) is 0 Å². The van der Waals surface area contributed by atoms with E-state index in [1.54, 1.807) is 0 Å². The largest absolute Gasteiger partial charge is 2.00 e. The molecule has 8 heavy (non-hydrogen) atoms. The van der Waals surface area contributed by atoms with E-state index in [1.807, 2.05) is 0 Å². The second-order valence-electron chi connectivity index (χ2n) is 0.322. The predicted molar refractivity (Wildman–Crippen MR) is 32.6 cm³/mol. The van der Waals surface area contributed by atoms with Crippen molar-refractivity contribution in [2.75, 3.05) is 0 Å². The number of rotatable bonds is 1. The van der Waals surface area contributed by atoms with Crippen LogP contribution in [0.1, 0.15) is 4.28 Å². The first-order chi connectivity index (χ1) is 2.27. The van der Waals surface area contributed by atoms with Crippen LogP contribution >= 0.6 is 8.60 Å². The van der Waals surface area contributed by atoms with Crippen molar-refractivity contribution in [1.82, 2.24) is 0 Å². The van der Waals surface area contributed by atoms with Crippen LogP contribution in [-0.2, 0) is 4.73 Å². The normalized spacial score (nSPS) is 6.00. The van der Waals surface area contributed by atoms with Gasteiger partial charge in [0.1, 0.15) is 0 Å². The van der Waals surface area contributed by atoms with Crippen molar-refractivity contribution >= 4 is 63.7 Å². The fourth-order valence-electron chi connectivity index (χ4n) is 0. The fourth-order valence-corrected chi connectivity index (χ4v) is 0. The van der Waals surface area contributed by atoms with Crippen molar-refractivity contribution in [1.29, 1.82) is 0 Å². The van der Waals surface area contributed by atoms with Crippen molar-refractivity contribution in [2.45, 2.75) is 0 Å². The Bertz CT molecular complexity index is 42.5. The van der Waals surface area contributed by atoms with Gasteiger partial charge in [-0.05, 0) is 4.53 Å². The summed E-state index contributed by atoms with van der Waals surface area (Å²) in [6, 6.07) is 0. The van der Waals surface area contributed by atoms with Gasteiger partial charge < -0.3 is 14.1 Å². The average molecular weight is 196 g/mol. The molecule has 0 bridgehead atoms. The van der Waals surface area contributed by atoms with E-state index in [0.717, 1.165) is 0 Å². The van der Waals surface area contributed by atoms with E-state index >= 15 is 0 Å². The first-order valence-electron chi connectivity index (χ1n) is 0.737. The molecule has 0 spiro atoms. The minimum atomic E-state index is -2.76. The Kier molecular flexibility index (Phi) is 46.4. The van der Waals surface area contributed by atoms with Gasteiger partial charge in [0.25, 0.3) is 0 Å². The second kappa shape index (κ2) is 16.6. The molecule has 0 aromatic rings. The molecule has 0 aliphatic rings. The zero-order valence-corrected chi connectivity index (χ0v) is 8.94. The fraction of sp³-hybridized carbons (Fsp3) is 0. The first-order valence-corrected chi connectivity index (χ1v) is 1.90. The van der Waals surface area contributed by atoms with Crippen LogP contribution in [-0.4, -0.2) is 64.9 Å². The summed E-state index contributed by atoms with van der Waals surface area (Å²) in [5, 5.41) is 0. The molecule has 0 aromatic carbocycles. The van der Waals surface area contributed by atoms with Crippen LogP contribution in [0, 0.1) is 0 Å². The summed E-state index contributed by atoms with van der Waals surface area (Å²) in [6.45, 7) is 0. The Hall–Kier alpha value is 3.03. The standard InChI is InChI=1S/Al.Ca.FH2O3P.Na.6H/c;;1-4-5(2)3;;;;;;;/h;;2-3H;;;;;;;/q;+2;;+1;;;;3*-1. The van der Waals surface area contributed by atoms with Gasteiger partial charge in [-0.2, -0.15) is 0 Å². The third kappa shape index (κ3) is 23.0. The molecule has 3 nitrogen and oxygen atoms in total. The summed E-state index contributed by atoms with van der Waals surface area (Å²) in [5.74, 6) is 0. The number of hydrogen-bond acceptors (Lipinski definition) is 3. The molecular formula is H8AlCaFNaO3P. The molecule has 0 aliphatic heterocycles. The van der Waals surface area contributed by atoms with Gasteiger partial charge in [0, 0.05) is 0 Å². The van der Waals surface area contributed by atoms with Gasteiger partial charge >= 0.3 is 75.9 Å². The monoisotopic (exact) mass is 196 g/mol. The van der Waals surface area contributed by atoms with Crippen molar-refractivity contribution in [2.24, 2.45) is 0 Å². The molecule has 2 N–H and O–H groups in total. The minimum absolute atomic E-state index is 0. The molecule has 0 heterocycles. The van der Waals surface area contributed by atoms with E-state index in [4.69, 9.17) is 9.79 Å². The first kappa shape index (κ1) is 22.5. The quantitative estimate of drug-likeness (QED) is 0.331. The number of halogens is 1. The molecular weight excluding hydrogens is 188 g/mol. The third-order valence-corrected chi connectivity index (χ3v) is 0.185. The van der Waals surface area contributed by atoms with E-state index in [0.29, 0.717) is 0 Å². The smallest absolute Gasteiger partial charge is 1.00 e. The van der Waals surface area contributed by atoms with Crippen molar-refractivity contribution < 1.29 is 52.9 Å². The Labute approximate surface area is 115 Å². The molecule has 0 fully saturated rings. The molecule has 0 amide bonds. The van der Waals surface area contributed by atoms with Gasteiger partial charge in [0.15, 0.2) is 17.4 Å². The van der Waals surface area contributed by atoms with Crippen LogP contribution in [0.15, 0.2) is 0 Å². The van der Waals surface area contributed by atoms with Gasteiger partial charge in [-0.3, -0.25) is 0 Å². The molecule has 0 unspecified atom stereocenters. The topological polar surface area (TPSA) is 49.7 Å². The number of hydrogen-bond donors (Lipinski definition) is 2. The molecule has 0 rings (SSSR count). The van der Waals surface area contributed by atoms with Crippen LogP contribution in [0.3, 0.4) is 0 Å². The summed E-state index contributed by atoms with van der Waals surface area (Å²) in [5.41, 5.74) is 0. The molecule has 0 saturated carbocycles. The Morgan fingerprint density at radius 3 is 1.62 bits per heavy atom. The average Bonchev–Trinajstić information content (AvgIpc) is 1.38. The van der Waals surface area contributed by atoms with Gasteiger partial charge in [-0.25, -0.2) is 0 Å². The molecule has 0 saturated heterocycles. The van der Waals surface area contributed by atoms with Gasteiger partial charge in [0.05, 0.1) is 0 Å². The summed E-state index contributed by atoms with van der Waals surface area (Å²) < 4.78 is 12.6. The van der Waals surface area contributed by atoms with Gasteiger partial charge in [-0.15, -0.1) is 4.73 Å². The molecule has 0 aliphatic carbocycles. The van der Waals surface area contributed by atoms with Crippen LogP contribution in [0.4, 0.5) is 4.53 Å². The summed E-state index contributed by atoms with van der Waals surface area (Å²) >= 11 is 0. The molecule has 0 aromatic heterocycles.